The topological polar surface area (TPSA) is 338 Å². The zero-order chi connectivity index (χ0) is 63.4. The Morgan fingerprint density at radius 2 is 0.920 bits per heavy atom. The van der Waals surface area contributed by atoms with Gasteiger partial charge in [0.15, 0.2) is 0 Å². The summed E-state index contributed by atoms with van der Waals surface area (Å²) in [5.41, 5.74) is 37.5. The summed E-state index contributed by atoms with van der Waals surface area (Å²) >= 11 is 0. The Hall–Kier alpha value is -10.3. The van der Waals surface area contributed by atoms with Crippen LogP contribution >= 0.6 is 0 Å². The van der Waals surface area contributed by atoms with Crippen LogP contribution in [0, 0.1) is 35.5 Å². The van der Waals surface area contributed by atoms with Crippen LogP contribution in [0.5, 0.6) is 0 Å². The second-order valence-electron chi connectivity index (χ2n) is 18.7. The van der Waals surface area contributed by atoms with E-state index in [9.17, 15) is 61.2 Å². The van der Waals surface area contributed by atoms with Gasteiger partial charge >= 0.3 is 30.1 Å². The molecule has 0 saturated carbocycles. The molecule has 1 fully saturated rings. The number of carbonyl (C=O) groups is 3. The summed E-state index contributed by atoms with van der Waals surface area (Å²) < 4.78 is 81.1. The number of hydrogen-bond acceptors (Lipinski definition) is 12. The summed E-state index contributed by atoms with van der Waals surface area (Å²) in [5.74, 6) is 9.77. The molecule has 0 spiro atoms. The maximum atomic E-state index is 12.7. The Morgan fingerprint density at radius 3 is 1.29 bits per heavy atom. The number of cyclic esters (lactones) is 1. The van der Waals surface area contributed by atoms with Crippen LogP contribution in [0.3, 0.4) is 0 Å². The molecule has 87 heavy (non-hydrogen) atoms. The molecule has 0 aromatic heterocycles. The Labute approximate surface area is 493 Å². The van der Waals surface area contributed by atoms with E-state index in [0.29, 0.717) is 22.3 Å². The number of esters is 1. The van der Waals surface area contributed by atoms with Crippen LogP contribution in [0.4, 0.5) is 26.3 Å². The number of amides is 2. The normalized spacial score (nSPS) is 16.0. The summed E-state index contributed by atoms with van der Waals surface area (Å²) in [4.78, 5) is 42.7. The number of benzene rings is 6. The van der Waals surface area contributed by atoms with E-state index in [1.54, 1.807) is 47.0 Å². The summed E-state index contributed by atoms with van der Waals surface area (Å²) in [6.07, 6.45) is -13.8. The molecule has 0 radical (unpaired) electrons. The number of alkyl halides is 6. The van der Waals surface area contributed by atoms with E-state index in [0.717, 1.165) is 27.8 Å². The van der Waals surface area contributed by atoms with Gasteiger partial charge in [-0.05, 0) is 106 Å². The number of ether oxygens (including phenoxy) is 1. The molecule has 1 saturated heterocycles. The summed E-state index contributed by atoms with van der Waals surface area (Å²) in [6.45, 7) is -2.02. The molecule has 0 aliphatic carbocycles. The number of hydrogen-bond donors (Lipinski definition) is 7. The van der Waals surface area contributed by atoms with Crippen molar-refractivity contribution in [1.82, 2.24) is 10.6 Å². The summed E-state index contributed by atoms with van der Waals surface area (Å²) in [7, 11) is 0. The highest BCUT2D eigenvalue weighted by molar-refractivity contribution is 5.89. The fourth-order valence-corrected chi connectivity index (χ4v) is 8.62. The lowest BCUT2D eigenvalue weighted by atomic mass is 9.86. The van der Waals surface area contributed by atoms with Crippen molar-refractivity contribution >= 4 is 17.8 Å². The molecule has 448 valence electrons. The maximum Gasteiger partial charge on any atom is 0.471 e. The number of aliphatic hydroxyl groups excluding tert-OH is 4. The van der Waals surface area contributed by atoms with Crippen molar-refractivity contribution in [2.75, 3.05) is 32.8 Å². The van der Waals surface area contributed by atoms with E-state index >= 15 is 0 Å². The van der Waals surface area contributed by atoms with Gasteiger partial charge in [-0.25, -0.2) is 4.79 Å². The Morgan fingerprint density at radius 1 is 0.552 bits per heavy atom. The van der Waals surface area contributed by atoms with Crippen molar-refractivity contribution in [3.8, 4) is 35.5 Å². The van der Waals surface area contributed by atoms with Gasteiger partial charge in [0.05, 0.1) is 57.0 Å². The molecular weight excluding hydrogens is 1140 g/mol. The number of halogens is 6. The van der Waals surface area contributed by atoms with E-state index in [4.69, 9.17) is 27.1 Å². The fraction of sp³-hybridized carbons (Fsp3) is 0.262. The van der Waals surface area contributed by atoms with Gasteiger partial charge in [-0.15, -0.1) is 0 Å². The lowest BCUT2D eigenvalue weighted by Gasteiger charge is -2.30. The smallest absolute Gasteiger partial charge is 0.460 e. The first-order valence-corrected chi connectivity index (χ1v) is 26.0. The summed E-state index contributed by atoms with van der Waals surface area (Å²) in [6, 6.07) is 44.4. The lowest BCUT2D eigenvalue weighted by molar-refractivity contribution is -0.175. The third-order valence-corrected chi connectivity index (χ3v) is 12.8. The Bertz CT molecular complexity index is 3580. The molecular formula is C61H54F6N12O8. The van der Waals surface area contributed by atoms with Gasteiger partial charge in [-0.3, -0.25) is 9.59 Å². The molecule has 0 unspecified atom stereocenters. The molecule has 0 bridgehead atoms. The SMILES string of the molecule is [N-]=[N+]=NC[C@@H](O)[C@@H](c1ccc(C#Cc2ccccc2)cc1)[C@@H](CO)NC(=O)C(F)(F)F.[N-]=[N+]=NC[C@@H](O)[C@@H](c1ccc(C#Cc2ccccc2)cc1)[C@H](N)CO.[N-]=[N+]=NC[C@H]1OC(=O)[C@@H](NC(=O)C(F)(F)F)[C@@H]1c1ccc(C#Cc2ccccc2)cc1. The van der Waals surface area contributed by atoms with Crippen molar-refractivity contribution in [2.45, 2.75) is 66.5 Å². The molecule has 7 rings (SSSR count). The number of carbonyl (C=O) groups excluding carboxylic acids is 3. The first kappa shape index (κ1) is 67.5. The molecule has 1 aliphatic rings. The molecule has 26 heteroatoms. The predicted molar refractivity (Wildman–Crippen MR) is 307 cm³/mol. The van der Waals surface area contributed by atoms with Gasteiger partial charge in [0.1, 0.15) is 12.1 Å². The van der Waals surface area contributed by atoms with E-state index in [1.807, 2.05) is 115 Å². The highest BCUT2D eigenvalue weighted by Gasteiger charge is 2.50. The lowest BCUT2D eigenvalue weighted by Crippen LogP contribution is -2.50. The molecule has 6 aromatic rings. The van der Waals surface area contributed by atoms with Crippen LogP contribution in [0.2, 0.25) is 0 Å². The van der Waals surface area contributed by atoms with Crippen LogP contribution < -0.4 is 16.4 Å². The Kier molecular flexibility index (Phi) is 26.3. The van der Waals surface area contributed by atoms with Crippen molar-refractivity contribution in [3.05, 3.63) is 245 Å². The zero-order valence-electron chi connectivity index (χ0n) is 45.6. The second-order valence-corrected chi connectivity index (χ2v) is 18.7. The van der Waals surface area contributed by atoms with Crippen LogP contribution in [0.15, 0.2) is 179 Å². The molecule has 1 aliphatic heterocycles. The van der Waals surface area contributed by atoms with Crippen LogP contribution in [-0.4, -0.2) is 120 Å². The first-order valence-electron chi connectivity index (χ1n) is 26.0. The highest BCUT2D eigenvalue weighted by Crippen LogP contribution is 2.34. The first-order chi connectivity index (χ1) is 41.7. The van der Waals surface area contributed by atoms with Gasteiger partial charge in [0.25, 0.3) is 0 Å². The van der Waals surface area contributed by atoms with E-state index < -0.39 is 97.5 Å². The number of nitrogens with one attached hydrogen (secondary N) is 2. The minimum Gasteiger partial charge on any atom is -0.460 e. The molecule has 8 N–H and O–H groups in total. The molecule has 2 amide bonds. The van der Waals surface area contributed by atoms with Gasteiger partial charge in [0, 0.05) is 66.0 Å². The van der Waals surface area contributed by atoms with E-state index in [2.05, 4.69) is 65.6 Å². The fourth-order valence-electron chi connectivity index (χ4n) is 8.62. The van der Waals surface area contributed by atoms with Gasteiger partial charge in [-0.2, -0.15) is 26.3 Å². The minimum atomic E-state index is -5.16. The van der Waals surface area contributed by atoms with Crippen molar-refractivity contribution in [3.63, 3.8) is 0 Å². The second kappa shape index (κ2) is 33.9. The van der Waals surface area contributed by atoms with Crippen LogP contribution in [-0.2, 0) is 19.1 Å². The van der Waals surface area contributed by atoms with Crippen molar-refractivity contribution in [2.24, 2.45) is 21.1 Å². The third-order valence-electron chi connectivity index (χ3n) is 12.8. The van der Waals surface area contributed by atoms with Gasteiger partial charge in [0.2, 0.25) is 0 Å². The van der Waals surface area contributed by atoms with Gasteiger partial charge in [-0.1, -0.05) is 142 Å². The van der Waals surface area contributed by atoms with Crippen molar-refractivity contribution < 1.29 is 65.9 Å². The third kappa shape index (κ3) is 21.4. The number of rotatable bonds is 17. The van der Waals surface area contributed by atoms with Crippen LogP contribution in [0.25, 0.3) is 31.3 Å². The maximum absolute atomic E-state index is 12.7. The molecule has 20 nitrogen and oxygen atoms in total. The quantitative estimate of drug-likeness (QED) is 0.0115. The monoisotopic (exact) mass is 1200 g/mol. The van der Waals surface area contributed by atoms with Gasteiger partial charge < -0.3 is 41.5 Å². The van der Waals surface area contributed by atoms with E-state index in [-0.39, 0.29) is 19.7 Å². The van der Waals surface area contributed by atoms with E-state index in [1.165, 1.54) is 12.1 Å². The average Bonchev–Trinajstić information content (AvgIpc) is 2.57. The molecule has 9 atom stereocenters. The Balaban J connectivity index is 0.000000240. The molecule has 1 heterocycles. The molecule has 6 aromatic carbocycles. The number of azide groups is 3. The minimum absolute atomic E-state index is 0.107. The van der Waals surface area contributed by atoms with Crippen molar-refractivity contribution in [1.29, 1.82) is 0 Å². The van der Waals surface area contributed by atoms with Crippen LogP contribution in [0.1, 0.15) is 67.8 Å². The summed E-state index contributed by atoms with van der Waals surface area (Å²) in [5, 5.41) is 52.9. The predicted octanol–water partition coefficient (Wildman–Crippen LogP) is 8.49. The largest absolute Gasteiger partial charge is 0.471 e. The zero-order valence-corrected chi connectivity index (χ0v) is 45.6. The number of nitrogens with zero attached hydrogens (tertiary/aromatic N) is 9. The average molecular weight is 1200 g/mol. The highest BCUT2D eigenvalue weighted by atomic mass is 19.4. The standard InChI is InChI=1S/C21H15F3N4O3.C21H19F3N4O3.C19H20N4O2/c22-21(23,24)20(30)27-18-17(16(12-26-28-25)31-19(18)29)15-10-8-14(9-11-15)7-6-13-4-2-1-3-5-13;22-21(23,24)20(31)27-17(13-29)19(18(30)12-26-28-25)16-10-8-15(9-11-16)7-6-14-4-2-1-3-5-14;20-17(13-24)19(18(25)12-22-23-21)16-10-8-15(9-11-16)7-6-14-4-2-1-3-5-14/h1-5,8-11,16-18H,12H2,(H,27,30);1-5,8-11,17-19,29-30H,12-13H2,(H,27,31);1-5,8-11,17-19,24-25H,12-13,20H2/t16-,17-,18+;2*17-,18-,19+/m111/s1. The number of aliphatic hydroxyl groups is 4. The number of nitrogens with two attached hydrogens (primary N) is 1.